The zero-order valence-corrected chi connectivity index (χ0v) is 15.7. The molecule has 0 saturated carbocycles. The van der Waals surface area contributed by atoms with Crippen LogP contribution in [0.15, 0.2) is 77.0 Å². The fourth-order valence-corrected chi connectivity index (χ4v) is 3.17. The Kier molecular flexibility index (Phi) is 4.72. The molecule has 0 fully saturated rings. The molecule has 7 nitrogen and oxygen atoms in total. The van der Waals surface area contributed by atoms with E-state index in [1.54, 1.807) is 17.3 Å². The summed E-state index contributed by atoms with van der Waals surface area (Å²) in [6.45, 7) is 4.45. The van der Waals surface area contributed by atoms with Crippen LogP contribution in [0.5, 0.6) is 0 Å². The van der Waals surface area contributed by atoms with E-state index in [0.29, 0.717) is 17.8 Å². The lowest BCUT2D eigenvalue weighted by Crippen LogP contribution is -2.19. The van der Waals surface area contributed by atoms with Gasteiger partial charge in [0.05, 0.1) is 22.6 Å². The zero-order chi connectivity index (χ0) is 19.5. The van der Waals surface area contributed by atoms with Gasteiger partial charge in [0.2, 0.25) is 0 Å². The molecule has 1 N–H and O–H groups in total. The molecule has 0 aliphatic heterocycles. The second kappa shape index (κ2) is 7.48. The van der Waals surface area contributed by atoms with E-state index in [2.05, 4.69) is 20.3 Å². The minimum atomic E-state index is -0.103. The van der Waals surface area contributed by atoms with E-state index in [1.165, 1.54) is 0 Å². The van der Waals surface area contributed by atoms with Crippen molar-refractivity contribution in [2.75, 3.05) is 0 Å². The monoisotopic (exact) mass is 372 g/mol. The van der Waals surface area contributed by atoms with Crippen molar-refractivity contribution in [1.29, 1.82) is 0 Å². The van der Waals surface area contributed by atoms with Crippen LogP contribution in [0.2, 0.25) is 0 Å². The van der Waals surface area contributed by atoms with E-state index in [4.69, 9.17) is 0 Å². The summed E-state index contributed by atoms with van der Waals surface area (Å²) in [5.74, 6) is 0. The highest BCUT2D eigenvalue weighted by Crippen LogP contribution is 2.16. The Morgan fingerprint density at radius 2 is 1.71 bits per heavy atom. The molecule has 0 atom stereocenters. The van der Waals surface area contributed by atoms with Crippen LogP contribution >= 0.6 is 0 Å². The fraction of sp³-hybridized carbons (Fsp3) is 0.143. The van der Waals surface area contributed by atoms with Crippen LogP contribution in [0.3, 0.4) is 0 Å². The summed E-state index contributed by atoms with van der Waals surface area (Å²) in [6.07, 6.45) is 3.37. The number of H-pyrrole nitrogens is 1. The predicted molar refractivity (Wildman–Crippen MR) is 109 cm³/mol. The number of aryl methyl sites for hydroxylation is 1. The first-order valence-electron chi connectivity index (χ1n) is 8.96. The van der Waals surface area contributed by atoms with Gasteiger partial charge in [-0.05, 0) is 43.7 Å². The summed E-state index contributed by atoms with van der Waals surface area (Å²) in [7, 11) is 0. The van der Waals surface area contributed by atoms with Gasteiger partial charge in [0.15, 0.2) is 0 Å². The van der Waals surface area contributed by atoms with Crippen LogP contribution in [-0.2, 0) is 6.54 Å². The molecule has 4 aromatic rings. The van der Waals surface area contributed by atoms with Gasteiger partial charge in [0, 0.05) is 12.2 Å². The number of aliphatic imine (C=N–C) groups is 1. The van der Waals surface area contributed by atoms with Gasteiger partial charge in [0.25, 0.3) is 5.56 Å². The van der Waals surface area contributed by atoms with E-state index in [-0.39, 0.29) is 5.56 Å². The van der Waals surface area contributed by atoms with Gasteiger partial charge in [0.1, 0.15) is 12.7 Å². The van der Waals surface area contributed by atoms with Gasteiger partial charge in [-0.3, -0.25) is 14.9 Å². The summed E-state index contributed by atoms with van der Waals surface area (Å²) >= 11 is 0. The molecule has 0 aliphatic carbocycles. The standard InChI is InChI=1S/C21H20N6O/c1-15(20-16(2)25-27(21(20)28)19-6-4-3-5-7-19)24-18-10-8-17(9-11-18)12-26-13-22-23-14-26/h3-11,13-14,25H,12H2,1-2H3. The first-order valence-corrected chi connectivity index (χ1v) is 8.96. The second-order valence-electron chi connectivity index (χ2n) is 6.59. The molecule has 0 radical (unpaired) electrons. The highest BCUT2D eigenvalue weighted by molar-refractivity contribution is 6.00. The average molecular weight is 372 g/mol. The fourth-order valence-electron chi connectivity index (χ4n) is 3.17. The quantitative estimate of drug-likeness (QED) is 0.546. The number of aromatic amines is 1. The maximum Gasteiger partial charge on any atom is 0.280 e. The molecule has 2 heterocycles. The first kappa shape index (κ1) is 17.7. The van der Waals surface area contributed by atoms with Gasteiger partial charge in [-0.2, -0.15) is 0 Å². The lowest BCUT2D eigenvalue weighted by atomic mass is 10.1. The number of aromatic nitrogens is 5. The van der Waals surface area contributed by atoms with Crippen LogP contribution in [0.25, 0.3) is 5.69 Å². The minimum Gasteiger partial charge on any atom is -0.316 e. The summed E-state index contributed by atoms with van der Waals surface area (Å²) in [4.78, 5) is 17.5. The maximum atomic E-state index is 12.9. The molecule has 140 valence electrons. The number of benzene rings is 2. The molecular formula is C21H20N6O. The van der Waals surface area contributed by atoms with Crippen molar-refractivity contribution in [3.8, 4) is 5.69 Å². The Balaban J connectivity index is 1.61. The van der Waals surface area contributed by atoms with Gasteiger partial charge in [-0.1, -0.05) is 30.3 Å². The lowest BCUT2D eigenvalue weighted by molar-refractivity contribution is 0.794. The topological polar surface area (TPSA) is 80.9 Å². The van der Waals surface area contributed by atoms with Crippen molar-refractivity contribution < 1.29 is 0 Å². The predicted octanol–water partition coefficient (Wildman–Crippen LogP) is 3.25. The van der Waals surface area contributed by atoms with Gasteiger partial charge in [-0.25, -0.2) is 4.68 Å². The third kappa shape index (κ3) is 3.55. The molecule has 2 aromatic heterocycles. The van der Waals surface area contributed by atoms with E-state index < -0.39 is 0 Å². The molecule has 0 aliphatic rings. The summed E-state index contributed by atoms with van der Waals surface area (Å²) in [6, 6.07) is 17.4. The van der Waals surface area contributed by atoms with E-state index in [9.17, 15) is 4.79 Å². The largest absolute Gasteiger partial charge is 0.316 e. The molecule has 0 saturated heterocycles. The average Bonchev–Trinajstić information content (AvgIpc) is 3.31. The van der Waals surface area contributed by atoms with Gasteiger partial charge < -0.3 is 4.57 Å². The van der Waals surface area contributed by atoms with Crippen molar-refractivity contribution in [2.24, 2.45) is 4.99 Å². The number of hydrogen-bond donors (Lipinski definition) is 1. The highest BCUT2D eigenvalue weighted by atomic mass is 16.1. The van der Waals surface area contributed by atoms with E-state index in [0.717, 1.165) is 22.6 Å². The summed E-state index contributed by atoms with van der Waals surface area (Å²) in [5, 5.41) is 10.7. The Morgan fingerprint density at radius 3 is 2.39 bits per heavy atom. The Bertz CT molecular complexity index is 1150. The minimum absolute atomic E-state index is 0.103. The third-order valence-electron chi connectivity index (χ3n) is 4.51. The molecule has 0 spiro atoms. The van der Waals surface area contributed by atoms with E-state index in [1.807, 2.05) is 73.0 Å². The normalized spacial score (nSPS) is 11.7. The second-order valence-corrected chi connectivity index (χ2v) is 6.59. The third-order valence-corrected chi connectivity index (χ3v) is 4.51. The number of rotatable bonds is 5. The summed E-state index contributed by atoms with van der Waals surface area (Å²) < 4.78 is 3.45. The smallest absolute Gasteiger partial charge is 0.280 e. The van der Waals surface area contributed by atoms with Crippen molar-refractivity contribution >= 4 is 11.4 Å². The number of nitrogens with zero attached hydrogens (tertiary/aromatic N) is 5. The molecule has 7 heteroatoms. The van der Waals surface area contributed by atoms with Crippen LogP contribution < -0.4 is 5.56 Å². The van der Waals surface area contributed by atoms with Crippen LogP contribution in [-0.4, -0.2) is 30.3 Å². The van der Waals surface area contributed by atoms with Gasteiger partial charge >= 0.3 is 0 Å². The molecular weight excluding hydrogens is 352 g/mol. The Morgan fingerprint density at radius 1 is 1.04 bits per heavy atom. The number of hydrogen-bond acceptors (Lipinski definition) is 4. The lowest BCUT2D eigenvalue weighted by Gasteiger charge is -2.03. The van der Waals surface area contributed by atoms with Crippen LogP contribution in [0, 0.1) is 6.92 Å². The number of nitrogens with one attached hydrogen (secondary N) is 1. The Labute approximate surface area is 162 Å². The van der Waals surface area contributed by atoms with Crippen molar-refractivity contribution in [3.63, 3.8) is 0 Å². The zero-order valence-electron chi connectivity index (χ0n) is 15.7. The van der Waals surface area contributed by atoms with Crippen molar-refractivity contribution in [2.45, 2.75) is 20.4 Å². The van der Waals surface area contributed by atoms with Gasteiger partial charge in [-0.15, -0.1) is 10.2 Å². The maximum absolute atomic E-state index is 12.9. The van der Waals surface area contributed by atoms with Crippen molar-refractivity contribution in [3.05, 3.63) is 94.4 Å². The molecule has 0 bridgehead atoms. The molecule has 4 rings (SSSR count). The SMILES string of the molecule is CC(=Nc1ccc(Cn2cnnc2)cc1)c1c(C)[nH]n(-c2ccccc2)c1=O. The van der Waals surface area contributed by atoms with Crippen LogP contribution in [0.4, 0.5) is 5.69 Å². The molecule has 28 heavy (non-hydrogen) atoms. The number of para-hydroxylation sites is 1. The first-order chi connectivity index (χ1) is 13.6. The Hall–Kier alpha value is -3.74. The molecule has 0 unspecified atom stereocenters. The van der Waals surface area contributed by atoms with Crippen LogP contribution in [0.1, 0.15) is 23.7 Å². The molecule has 0 amide bonds. The van der Waals surface area contributed by atoms with Crippen molar-refractivity contribution in [1.82, 2.24) is 24.5 Å². The summed E-state index contributed by atoms with van der Waals surface area (Å²) in [5.41, 5.74) is 4.69. The molecule has 2 aromatic carbocycles. The highest BCUT2D eigenvalue weighted by Gasteiger charge is 2.15. The van der Waals surface area contributed by atoms with E-state index >= 15 is 0 Å².